The van der Waals surface area contributed by atoms with Crippen molar-refractivity contribution in [3.05, 3.63) is 52.5 Å². The van der Waals surface area contributed by atoms with Crippen molar-refractivity contribution in [2.75, 3.05) is 26.2 Å². The number of thiazole rings is 1. The van der Waals surface area contributed by atoms with Crippen LogP contribution in [0.1, 0.15) is 47.5 Å². The highest BCUT2D eigenvalue weighted by molar-refractivity contribution is 7.11. The highest BCUT2D eigenvalue weighted by Crippen LogP contribution is 2.31. The van der Waals surface area contributed by atoms with Gasteiger partial charge in [0.15, 0.2) is 11.0 Å². The van der Waals surface area contributed by atoms with Gasteiger partial charge in [-0.3, -0.25) is 24.6 Å². The maximum Gasteiger partial charge on any atom is 0.245 e. The van der Waals surface area contributed by atoms with E-state index in [1.807, 2.05) is 30.3 Å². The van der Waals surface area contributed by atoms with E-state index in [2.05, 4.69) is 10.3 Å². The molecule has 0 radical (unpaired) electrons. The number of Topliss-reactive ketones (excluding diaryl/α,β-unsaturated/α-hetero) is 1. The molecule has 5 rings (SSSR count). The van der Waals surface area contributed by atoms with Crippen LogP contribution in [0.25, 0.3) is 0 Å². The lowest BCUT2D eigenvalue weighted by Crippen LogP contribution is -2.62. The number of nitrogens with two attached hydrogens (primary N) is 1. The maximum absolute atomic E-state index is 13.6. The minimum atomic E-state index is -0.808. The van der Waals surface area contributed by atoms with Crippen molar-refractivity contribution >= 4 is 40.8 Å². The van der Waals surface area contributed by atoms with E-state index < -0.39 is 24.0 Å². The standard InChI is InChI=1S/C28H35N7O4S/c29-28(30)33-14-10-19(11-15-33)23(24(37)26-31-12-16-40-26)32-25(38)20-8-9-21-27(39)34(17-22(36)35(20)21)13-4-7-18-5-2-1-3-6-18/h1-3,5-6,12,16,19-21,23H,4,7-11,13-15,17H2,(H3,29,30)(H,32,38)/t20-,21-,23-/m0/s1. The van der Waals surface area contributed by atoms with Crippen molar-refractivity contribution in [3.63, 3.8) is 0 Å². The largest absolute Gasteiger partial charge is 0.370 e. The molecule has 0 spiro atoms. The van der Waals surface area contributed by atoms with Gasteiger partial charge in [0.05, 0.1) is 12.6 Å². The SMILES string of the molecule is N=C(N)N1CCC([C@H](NC(=O)[C@@H]2CC[C@H]3C(=O)N(CCCc4ccccc4)CC(=O)N23)C(=O)c2nccs2)CC1. The zero-order chi connectivity index (χ0) is 28.2. The van der Waals surface area contributed by atoms with Crippen LogP contribution in [-0.2, 0) is 20.8 Å². The summed E-state index contributed by atoms with van der Waals surface area (Å²) in [6, 6.07) is 7.77. The van der Waals surface area contributed by atoms with Gasteiger partial charge in [-0.1, -0.05) is 30.3 Å². The Labute approximate surface area is 237 Å². The lowest BCUT2D eigenvalue weighted by molar-refractivity contribution is -0.157. The van der Waals surface area contributed by atoms with Crippen molar-refractivity contribution in [1.82, 2.24) is 25.0 Å². The maximum atomic E-state index is 13.6. The molecule has 12 heteroatoms. The average Bonchev–Trinajstić information content (AvgIpc) is 3.66. The number of ketones is 1. The first kappa shape index (κ1) is 27.8. The second-order valence-corrected chi connectivity index (χ2v) is 11.6. The number of nitrogens with zero attached hydrogens (tertiary/aromatic N) is 4. The van der Waals surface area contributed by atoms with Gasteiger partial charge in [0.2, 0.25) is 23.5 Å². The van der Waals surface area contributed by atoms with E-state index in [0.29, 0.717) is 50.3 Å². The third kappa shape index (κ3) is 5.86. The van der Waals surface area contributed by atoms with Gasteiger partial charge in [-0.2, -0.15) is 0 Å². The van der Waals surface area contributed by atoms with Crippen LogP contribution in [0.4, 0.5) is 0 Å². The molecular formula is C28H35N7O4S. The van der Waals surface area contributed by atoms with Gasteiger partial charge in [0, 0.05) is 31.2 Å². The van der Waals surface area contributed by atoms with E-state index in [1.165, 1.54) is 21.8 Å². The summed E-state index contributed by atoms with van der Waals surface area (Å²) in [6.07, 6.45) is 5.07. The number of likely N-dealkylation sites (tertiary alicyclic amines) is 1. The average molecular weight is 566 g/mol. The second kappa shape index (κ2) is 12.2. The summed E-state index contributed by atoms with van der Waals surface area (Å²) in [5, 5.41) is 12.7. The summed E-state index contributed by atoms with van der Waals surface area (Å²) >= 11 is 1.22. The highest BCUT2D eigenvalue weighted by Gasteiger charge is 2.49. The monoisotopic (exact) mass is 565 g/mol. The summed E-state index contributed by atoms with van der Waals surface area (Å²) in [6.45, 7) is 1.48. The fourth-order valence-electron chi connectivity index (χ4n) is 6.10. The van der Waals surface area contributed by atoms with Gasteiger partial charge in [-0.25, -0.2) is 4.98 Å². The van der Waals surface area contributed by atoms with Crippen molar-refractivity contribution in [2.24, 2.45) is 11.7 Å². The lowest BCUT2D eigenvalue weighted by Gasteiger charge is -2.39. The Bertz CT molecular complexity index is 1250. The van der Waals surface area contributed by atoms with Crippen LogP contribution in [0.3, 0.4) is 0 Å². The molecule has 212 valence electrons. The molecule has 3 atom stereocenters. The van der Waals surface area contributed by atoms with Crippen LogP contribution in [0.5, 0.6) is 0 Å². The Balaban J connectivity index is 1.23. The Hall–Kier alpha value is -3.80. The molecule has 0 saturated carbocycles. The van der Waals surface area contributed by atoms with Gasteiger partial charge >= 0.3 is 0 Å². The molecule has 3 aliphatic rings. The van der Waals surface area contributed by atoms with Crippen molar-refractivity contribution < 1.29 is 19.2 Å². The van der Waals surface area contributed by atoms with Crippen LogP contribution < -0.4 is 11.1 Å². The number of rotatable bonds is 9. The van der Waals surface area contributed by atoms with Gasteiger partial charge < -0.3 is 25.8 Å². The fraction of sp³-hybridized carbons (Fsp3) is 0.500. The number of benzene rings is 1. The molecule has 11 nitrogen and oxygen atoms in total. The van der Waals surface area contributed by atoms with Gasteiger partial charge in [0.25, 0.3) is 0 Å². The summed E-state index contributed by atoms with van der Waals surface area (Å²) in [5.74, 6) is -1.19. The lowest BCUT2D eigenvalue weighted by atomic mass is 9.86. The van der Waals surface area contributed by atoms with E-state index in [0.717, 1.165) is 12.8 Å². The molecule has 4 heterocycles. The molecule has 3 saturated heterocycles. The number of hydrogen-bond acceptors (Lipinski definition) is 7. The molecule has 3 fully saturated rings. The van der Waals surface area contributed by atoms with Crippen LogP contribution >= 0.6 is 11.3 Å². The zero-order valence-corrected chi connectivity index (χ0v) is 23.1. The number of nitrogens with one attached hydrogen (secondary N) is 2. The third-order valence-electron chi connectivity index (χ3n) is 8.21. The van der Waals surface area contributed by atoms with Crippen molar-refractivity contribution in [1.29, 1.82) is 5.41 Å². The summed E-state index contributed by atoms with van der Waals surface area (Å²) < 4.78 is 0. The predicted molar refractivity (Wildman–Crippen MR) is 150 cm³/mol. The summed E-state index contributed by atoms with van der Waals surface area (Å²) in [7, 11) is 0. The Kier molecular flexibility index (Phi) is 8.43. The Morgan fingerprint density at radius 3 is 2.55 bits per heavy atom. The second-order valence-electron chi connectivity index (χ2n) is 10.7. The number of fused-ring (bicyclic) bond motifs is 1. The number of guanidine groups is 1. The number of hydrogen-bond donors (Lipinski definition) is 3. The Morgan fingerprint density at radius 2 is 1.88 bits per heavy atom. The summed E-state index contributed by atoms with van der Waals surface area (Å²) in [4.78, 5) is 62.5. The first-order chi connectivity index (χ1) is 19.3. The minimum Gasteiger partial charge on any atom is -0.370 e. The number of carbonyl (C=O) groups is 4. The highest BCUT2D eigenvalue weighted by atomic mass is 32.1. The van der Waals surface area contributed by atoms with E-state index in [-0.39, 0.29) is 36.0 Å². The van der Waals surface area contributed by atoms with E-state index in [4.69, 9.17) is 11.1 Å². The van der Waals surface area contributed by atoms with Crippen molar-refractivity contribution in [3.8, 4) is 0 Å². The number of piperidine rings is 1. The molecule has 40 heavy (non-hydrogen) atoms. The number of aryl methyl sites for hydroxylation is 1. The van der Waals surface area contributed by atoms with Gasteiger partial charge in [-0.05, 0) is 50.0 Å². The first-order valence-corrected chi connectivity index (χ1v) is 14.7. The predicted octanol–water partition coefficient (Wildman–Crippen LogP) is 1.25. The molecule has 1 aromatic carbocycles. The minimum absolute atomic E-state index is 0.00956. The van der Waals surface area contributed by atoms with Crippen LogP contribution in [0.2, 0.25) is 0 Å². The van der Waals surface area contributed by atoms with Gasteiger partial charge in [0.1, 0.15) is 12.1 Å². The fourth-order valence-corrected chi connectivity index (χ4v) is 6.71. The zero-order valence-electron chi connectivity index (χ0n) is 22.3. The molecule has 0 aliphatic carbocycles. The Morgan fingerprint density at radius 1 is 1.12 bits per heavy atom. The van der Waals surface area contributed by atoms with Crippen molar-refractivity contribution in [2.45, 2.75) is 56.7 Å². The van der Waals surface area contributed by atoms with E-state index in [1.54, 1.807) is 21.4 Å². The number of carbonyl (C=O) groups excluding carboxylic acids is 4. The van der Waals surface area contributed by atoms with Crippen LogP contribution in [0.15, 0.2) is 41.9 Å². The molecular weight excluding hydrogens is 530 g/mol. The van der Waals surface area contributed by atoms with Gasteiger partial charge in [-0.15, -0.1) is 11.3 Å². The summed E-state index contributed by atoms with van der Waals surface area (Å²) in [5.41, 5.74) is 6.82. The molecule has 0 bridgehead atoms. The topological polar surface area (TPSA) is 153 Å². The first-order valence-electron chi connectivity index (χ1n) is 13.8. The molecule has 3 aliphatic heterocycles. The molecule has 1 aromatic heterocycles. The molecule has 3 amide bonds. The normalized spacial score (nSPS) is 22.2. The number of amides is 3. The third-order valence-corrected chi connectivity index (χ3v) is 9.00. The quantitative estimate of drug-likeness (QED) is 0.235. The number of piperazine rings is 1. The van der Waals surface area contributed by atoms with Crippen LogP contribution in [-0.4, -0.2) is 93.5 Å². The molecule has 4 N–H and O–H groups in total. The smallest absolute Gasteiger partial charge is 0.245 e. The number of aromatic nitrogens is 1. The molecule has 0 unspecified atom stereocenters. The van der Waals surface area contributed by atoms with E-state index >= 15 is 0 Å². The van der Waals surface area contributed by atoms with E-state index in [9.17, 15) is 19.2 Å². The van der Waals surface area contributed by atoms with Crippen LogP contribution in [0, 0.1) is 11.3 Å². The molecule has 2 aromatic rings.